The summed E-state index contributed by atoms with van der Waals surface area (Å²) < 4.78 is 12.2. The van der Waals surface area contributed by atoms with E-state index in [0.717, 1.165) is 22.5 Å². The van der Waals surface area contributed by atoms with Gasteiger partial charge in [0.2, 0.25) is 5.78 Å². The van der Waals surface area contributed by atoms with Gasteiger partial charge in [-0.15, -0.1) is 0 Å². The summed E-state index contributed by atoms with van der Waals surface area (Å²) in [5.41, 5.74) is 4.02. The lowest BCUT2D eigenvalue weighted by molar-refractivity contribution is -0.141. The molecule has 0 bridgehead atoms. The molecule has 140 valence electrons. The summed E-state index contributed by atoms with van der Waals surface area (Å²) in [6, 6.07) is 11.2. The number of aromatic nitrogens is 2. The second-order valence-corrected chi connectivity index (χ2v) is 6.60. The predicted octanol–water partition coefficient (Wildman–Crippen LogP) is 3.67. The van der Waals surface area contributed by atoms with Crippen LogP contribution in [0.25, 0.3) is 5.82 Å². The van der Waals surface area contributed by atoms with Crippen LogP contribution in [0.1, 0.15) is 38.6 Å². The molecule has 0 saturated carbocycles. The third-order valence-electron chi connectivity index (χ3n) is 4.54. The number of ether oxygens (including phenoxy) is 1. The molecule has 2 heterocycles. The van der Waals surface area contributed by atoms with Crippen molar-refractivity contribution in [1.29, 1.82) is 0 Å². The van der Waals surface area contributed by atoms with Gasteiger partial charge >= 0.3 is 5.97 Å². The first-order chi connectivity index (χ1) is 12.9. The quantitative estimate of drug-likeness (QED) is 0.491. The zero-order valence-electron chi connectivity index (χ0n) is 15.9. The van der Waals surface area contributed by atoms with E-state index in [9.17, 15) is 9.59 Å². The largest absolute Gasteiger partial charge is 0.457 e. The molecule has 0 atom stereocenters. The van der Waals surface area contributed by atoms with Gasteiger partial charge in [-0.25, -0.2) is 0 Å². The van der Waals surface area contributed by atoms with E-state index in [4.69, 9.17) is 9.26 Å². The van der Waals surface area contributed by atoms with E-state index in [1.807, 2.05) is 56.5 Å². The molecule has 0 amide bonds. The van der Waals surface area contributed by atoms with Crippen molar-refractivity contribution in [3.8, 4) is 5.82 Å². The molecule has 0 spiro atoms. The van der Waals surface area contributed by atoms with Crippen LogP contribution in [0.15, 0.2) is 40.9 Å². The normalized spacial score (nSPS) is 10.8. The number of hydrogen-bond acceptors (Lipinski definition) is 5. The Labute approximate surface area is 157 Å². The number of Topliss-reactive ketones (excluding diaryl/α,β-unsaturated/α-hetero) is 1. The molecular weight excluding hydrogens is 344 g/mol. The molecule has 0 saturated heterocycles. The van der Waals surface area contributed by atoms with Gasteiger partial charge in [0.15, 0.2) is 12.4 Å². The van der Waals surface area contributed by atoms with Crippen molar-refractivity contribution in [2.24, 2.45) is 0 Å². The number of nitrogens with zero attached hydrogens (tertiary/aromatic N) is 2. The highest BCUT2D eigenvalue weighted by molar-refractivity contribution is 5.99. The van der Waals surface area contributed by atoms with Gasteiger partial charge < -0.3 is 9.26 Å². The third-order valence-corrected chi connectivity index (χ3v) is 4.54. The fourth-order valence-electron chi connectivity index (χ4n) is 3.10. The number of esters is 1. The van der Waals surface area contributed by atoms with Crippen molar-refractivity contribution in [1.82, 2.24) is 9.72 Å². The molecule has 6 heteroatoms. The minimum absolute atomic E-state index is 0.150. The summed E-state index contributed by atoms with van der Waals surface area (Å²) in [7, 11) is 0. The summed E-state index contributed by atoms with van der Waals surface area (Å²) in [5, 5.41) is 4.00. The highest BCUT2D eigenvalue weighted by Crippen LogP contribution is 2.21. The van der Waals surface area contributed by atoms with Crippen LogP contribution in [0.5, 0.6) is 0 Å². The fourth-order valence-corrected chi connectivity index (χ4v) is 3.10. The van der Waals surface area contributed by atoms with Gasteiger partial charge in [-0.1, -0.05) is 29.4 Å². The smallest absolute Gasteiger partial charge is 0.310 e. The Morgan fingerprint density at radius 2 is 1.85 bits per heavy atom. The number of ketones is 1. The molecular formula is C21H22N2O4. The van der Waals surface area contributed by atoms with Crippen LogP contribution >= 0.6 is 0 Å². The lowest BCUT2D eigenvalue weighted by Gasteiger charge is -2.07. The molecule has 1 aromatic carbocycles. The standard InChI is InChI=1S/C21H22N2O4/c1-13-7-5-6-8-17(13)11-21(25)26-12-19(24)18-9-14(2)23(16(18)4)20-10-15(3)27-22-20/h5-10H,11-12H2,1-4H3. The maximum absolute atomic E-state index is 12.6. The van der Waals surface area contributed by atoms with Crippen LogP contribution < -0.4 is 0 Å². The zero-order chi connectivity index (χ0) is 19.6. The summed E-state index contributed by atoms with van der Waals surface area (Å²) in [6.45, 7) is 7.18. The van der Waals surface area contributed by atoms with Crippen LogP contribution in [0.2, 0.25) is 0 Å². The number of benzene rings is 1. The summed E-state index contributed by atoms with van der Waals surface area (Å²) in [6.07, 6.45) is 0.150. The van der Waals surface area contributed by atoms with Gasteiger partial charge in [-0.3, -0.25) is 14.2 Å². The van der Waals surface area contributed by atoms with Crippen molar-refractivity contribution < 1.29 is 18.8 Å². The second-order valence-electron chi connectivity index (χ2n) is 6.60. The summed E-state index contributed by atoms with van der Waals surface area (Å²) in [5.74, 6) is 0.653. The first-order valence-electron chi connectivity index (χ1n) is 8.72. The Morgan fingerprint density at radius 3 is 2.52 bits per heavy atom. The Balaban J connectivity index is 1.68. The molecule has 0 aliphatic heterocycles. The monoisotopic (exact) mass is 366 g/mol. The van der Waals surface area contributed by atoms with Crippen LogP contribution in [0, 0.1) is 27.7 Å². The molecule has 0 aliphatic rings. The maximum atomic E-state index is 12.6. The van der Waals surface area contributed by atoms with Gasteiger partial charge in [0, 0.05) is 23.0 Å². The number of carbonyl (C=O) groups excluding carboxylic acids is 2. The molecule has 3 aromatic rings. The van der Waals surface area contributed by atoms with Crippen LogP contribution in [0.4, 0.5) is 0 Å². The Morgan fingerprint density at radius 1 is 1.11 bits per heavy atom. The minimum atomic E-state index is -0.418. The van der Waals surface area contributed by atoms with E-state index in [2.05, 4.69) is 5.16 Å². The average molecular weight is 366 g/mol. The van der Waals surface area contributed by atoms with Crippen molar-refractivity contribution in [2.75, 3.05) is 6.61 Å². The van der Waals surface area contributed by atoms with Gasteiger partial charge in [0.05, 0.1) is 6.42 Å². The number of carbonyl (C=O) groups is 2. The molecule has 0 aliphatic carbocycles. The molecule has 0 unspecified atom stereocenters. The molecule has 3 rings (SSSR count). The van der Waals surface area contributed by atoms with E-state index in [0.29, 0.717) is 17.1 Å². The lowest BCUT2D eigenvalue weighted by Crippen LogP contribution is -2.16. The molecule has 6 nitrogen and oxygen atoms in total. The SMILES string of the molecule is Cc1cc(-n2c(C)cc(C(=O)COC(=O)Cc3ccccc3C)c2C)no1. The second kappa shape index (κ2) is 7.61. The number of hydrogen-bond donors (Lipinski definition) is 0. The van der Waals surface area contributed by atoms with Gasteiger partial charge in [0.25, 0.3) is 0 Å². The minimum Gasteiger partial charge on any atom is -0.457 e. The van der Waals surface area contributed by atoms with Gasteiger partial charge in [-0.2, -0.15) is 0 Å². The van der Waals surface area contributed by atoms with Crippen molar-refractivity contribution in [3.63, 3.8) is 0 Å². The van der Waals surface area contributed by atoms with E-state index < -0.39 is 5.97 Å². The third kappa shape index (κ3) is 4.00. The van der Waals surface area contributed by atoms with Crippen LogP contribution in [0.3, 0.4) is 0 Å². The first kappa shape index (κ1) is 18.6. The Kier molecular flexibility index (Phi) is 5.26. The van der Waals surface area contributed by atoms with Gasteiger partial charge in [0.1, 0.15) is 5.76 Å². The fraction of sp³-hybridized carbons (Fsp3) is 0.286. The average Bonchev–Trinajstić information content (AvgIpc) is 3.17. The van der Waals surface area contributed by atoms with Gasteiger partial charge in [-0.05, 0) is 44.9 Å². The number of aryl methyl sites for hydroxylation is 3. The first-order valence-corrected chi connectivity index (χ1v) is 8.72. The molecule has 0 N–H and O–H groups in total. The maximum Gasteiger partial charge on any atom is 0.310 e. The topological polar surface area (TPSA) is 74.3 Å². The highest BCUT2D eigenvalue weighted by atomic mass is 16.5. The lowest BCUT2D eigenvalue weighted by atomic mass is 10.1. The summed E-state index contributed by atoms with van der Waals surface area (Å²) >= 11 is 0. The van der Waals surface area contributed by atoms with Crippen LogP contribution in [-0.4, -0.2) is 28.1 Å². The van der Waals surface area contributed by atoms with Crippen molar-refractivity contribution in [2.45, 2.75) is 34.1 Å². The van der Waals surface area contributed by atoms with Crippen molar-refractivity contribution >= 4 is 11.8 Å². The van der Waals surface area contributed by atoms with Crippen LogP contribution in [-0.2, 0) is 16.0 Å². The van der Waals surface area contributed by atoms with Crippen molar-refractivity contribution in [3.05, 3.63) is 70.2 Å². The number of rotatable bonds is 6. The van der Waals surface area contributed by atoms with E-state index in [1.54, 1.807) is 12.1 Å². The molecule has 0 radical (unpaired) electrons. The van der Waals surface area contributed by atoms with E-state index in [1.165, 1.54) is 0 Å². The Bertz CT molecular complexity index is 998. The Hall–Kier alpha value is -3.15. The summed E-state index contributed by atoms with van der Waals surface area (Å²) in [4.78, 5) is 24.6. The molecule has 2 aromatic heterocycles. The van der Waals surface area contributed by atoms with E-state index >= 15 is 0 Å². The molecule has 0 fully saturated rings. The molecule has 27 heavy (non-hydrogen) atoms. The predicted molar refractivity (Wildman–Crippen MR) is 100 cm³/mol. The zero-order valence-corrected chi connectivity index (χ0v) is 15.9. The van der Waals surface area contributed by atoms with E-state index in [-0.39, 0.29) is 18.8 Å². The highest BCUT2D eigenvalue weighted by Gasteiger charge is 2.19.